The predicted molar refractivity (Wildman–Crippen MR) is 52.5 cm³/mol. The van der Waals surface area contributed by atoms with Crippen molar-refractivity contribution in [2.45, 2.75) is 6.92 Å². The maximum atomic E-state index is 10.8. The Labute approximate surface area is 83.8 Å². The fraction of sp³-hybridized carbons (Fsp3) is 0.125. The number of fused-ring (bicyclic) bond motifs is 1. The second-order valence-electron chi connectivity index (χ2n) is 2.92. The van der Waals surface area contributed by atoms with Crippen molar-refractivity contribution in [1.29, 1.82) is 0 Å². The summed E-state index contributed by atoms with van der Waals surface area (Å²) in [6, 6.07) is 3.37. The molecule has 1 heterocycles. The van der Waals surface area contributed by atoms with E-state index < -0.39 is 4.92 Å². The zero-order valence-corrected chi connectivity index (χ0v) is 8.00. The molecule has 1 aromatic heterocycles. The normalized spacial score (nSPS) is 10.7. The van der Waals surface area contributed by atoms with Gasteiger partial charge in [0.25, 0.3) is 5.69 Å². The lowest BCUT2D eigenvalue weighted by Crippen LogP contribution is -1.92. The Balaban J connectivity index is 2.90. The van der Waals surface area contributed by atoms with Crippen molar-refractivity contribution >= 4 is 28.2 Å². The maximum absolute atomic E-state index is 10.8. The number of rotatable bonds is 1. The highest BCUT2D eigenvalue weighted by molar-refractivity contribution is 6.34. The summed E-state index contributed by atoms with van der Waals surface area (Å²) in [5.41, 5.74) is 0.885. The lowest BCUT2D eigenvalue weighted by atomic mass is 10.1. The van der Waals surface area contributed by atoms with Gasteiger partial charge in [-0.25, -0.2) is 0 Å². The van der Waals surface area contributed by atoms with Crippen molar-refractivity contribution in [3.05, 3.63) is 33.0 Å². The van der Waals surface area contributed by atoms with Gasteiger partial charge in [0.2, 0.25) is 0 Å². The van der Waals surface area contributed by atoms with Crippen LogP contribution in [0.2, 0.25) is 5.15 Å². The summed E-state index contributed by atoms with van der Waals surface area (Å²) >= 11 is 5.76. The van der Waals surface area contributed by atoms with Crippen LogP contribution in [0.15, 0.2) is 12.1 Å². The molecule has 0 amide bonds. The molecule has 0 fully saturated rings. The first-order valence-electron chi connectivity index (χ1n) is 3.89. The van der Waals surface area contributed by atoms with Gasteiger partial charge < -0.3 is 0 Å². The number of nitro groups is 1. The molecule has 1 aromatic carbocycles. The van der Waals surface area contributed by atoms with Crippen LogP contribution in [-0.2, 0) is 0 Å². The molecule has 0 radical (unpaired) electrons. The molecule has 72 valence electrons. The molecule has 14 heavy (non-hydrogen) atoms. The first-order valence-corrected chi connectivity index (χ1v) is 4.26. The summed E-state index contributed by atoms with van der Waals surface area (Å²) in [7, 11) is 0. The van der Waals surface area contributed by atoms with Crippen molar-refractivity contribution in [1.82, 2.24) is 10.2 Å². The third-order valence-electron chi connectivity index (χ3n) is 2.04. The van der Waals surface area contributed by atoms with E-state index in [0.717, 1.165) is 0 Å². The molecule has 0 spiro atoms. The Morgan fingerprint density at radius 3 is 2.93 bits per heavy atom. The number of hydrogen-bond acceptors (Lipinski definition) is 3. The maximum Gasteiger partial charge on any atom is 0.300 e. The predicted octanol–water partition coefficient (Wildman–Crippen LogP) is 2.43. The smallest absolute Gasteiger partial charge is 0.266 e. The van der Waals surface area contributed by atoms with E-state index in [4.69, 9.17) is 11.6 Å². The molecule has 0 saturated heterocycles. The Bertz CT molecular complexity index is 521. The Morgan fingerprint density at radius 2 is 2.29 bits per heavy atom. The van der Waals surface area contributed by atoms with Crippen LogP contribution in [0.1, 0.15) is 5.56 Å². The van der Waals surface area contributed by atoms with E-state index in [9.17, 15) is 10.1 Å². The minimum Gasteiger partial charge on any atom is -0.266 e. The van der Waals surface area contributed by atoms with Crippen LogP contribution in [0.5, 0.6) is 0 Å². The number of nitrogens with zero attached hydrogens (tertiary/aromatic N) is 2. The van der Waals surface area contributed by atoms with E-state index in [2.05, 4.69) is 10.2 Å². The SMILES string of the molecule is Cc1ccc2c(Cl)[nH]nc2c1[N+](=O)[O-]. The Morgan fingerprint density at radius 1 is 1.57 bits per heavy atom. The van der Waals surface area contributed by atoms with Gasteiger partial charge in [-0.1, -0.05) is 17.7 Å². The molecule has 0 aliphatic carbocycles. The van der Waals surface area contributed by atoms with Crippen molar-refractivity contribution in [2.24, 2.45) is 0 Å². The zero-order chi connectivity index (χ0) is 10.3. The Kier molecular flexibility index (Phi) is 1.89. The number of aromatic nitrogens is 2. The molecule has 1 N–H and O–H groups in total. The third kappa shape index (κ3) is 1.13. The number of aryl methyl sites for hydroxylation is 1. The molecule has 0 saturated carbocycles. The number of benzene rings is 1. The second-order valence-corrected chi connectivity index (χ2v) is 3.30. The van der Waals surface area contributed by atoms with Gasteiger partial charge in [0.15, 0.2) is 5.52 Å². The van der Waals surface area contributed by atoms with Crippen LogP contribution in [-0.4, -0.2) is 15.1 Å². The molecule has 5 nitrogen and oxygen atoms in total. The van der Waals surface area contributed by atoms with Crippen LogP contribution in [0.4, 0.5) is 5.69 Å². The first kappa shape index (κ1) is 8.96. The van der Waals surface area contributed by atoms with Gasteiger partial charge in [-0.15, -0.1) is 0 Å². The summed E-state index contributed by atoms with van der Waals surface area (Å²) in [4.78, 5) is 10.3. The quantitative estimate of drug-likeness (QED) is 0.582. The van der Waals surface area contributed by atoms with Crippen LogP contribution < -0.4 is 0 Å². The van der Waals surface area contributed by atoms with Gasteiger partial charge in [0.1, 0.15) is 5.15 Å². The number of H-pyrrole nitrogens is 1. The standard InChI is InChI=1S/C8H6ClN3O2/c1-4-2-3-5-6(7(4)12(13)14)10-11-8(5)9/h2-3H,1H3,(H,10,11). The third-order valence-corrected chi connectivity index (χ3v) is 2.33. The van der Waals surface area contributed by atoms with Crippen LogP contribution in [0.3, 0.4) is 0 Å². The molecule has 0 unspecified atom stereocenters. The topological polar surface area (TPSA) is 71.8 Å². The van der Waals surface area contributed by atoms with E-state index in [0.29, 0.717) is 21.6 Å². The highest BCUT2D eigenvalue weighted by atomic mass is 35.5. The lowest BCUT2D eigenvalue weighted by molar-refractivity contribution is -0.383. The fourth-order valence-electron chi connectivity index (χ4n) is 1.37. The van der Waals surface area contributed by atoms with Gasteiger partial charge in [-0.05, 0) is 13.0 Å². The summed E-state index contributed by atoms with van der Waals surface area (Å²) < 4.78 is 0. The molecule has 0 aliphatic heterocycles. The highest BCUT2D eigenvalue weighted by Gasteiger charge is 2.19. The number of aromatic amines is 1. The van der Waals surface area contributed by atoms with E-state index in [1.165, 1.54) is 0 Å². The molecule has 0 bridgehead atoms. The summed E-state index contributed by atoms with van der Waals surface area (Å²) in [5.74, 6) is 0. The largest absolute Gasteiger partial charge is 0.300 e. The average molecular weight is 212 g/mol. The van der Waals surface area contributed by atoms with Gasteiger partial charge in [-0.3, -0.25) is 15.2 Å². The summed E-state index contributed by atoms with van der Waals surface area (Å²) in [6.07, 6.45) is 0. The minimum atomic E-state index is -0.450. The van der Waals surface area contributed by atoms with E-state index >= 15 is 0 Å². The van der Waals surface area contributed by atoms with Crippen molar-refractivity contribution in [3.63, 3.8) is 0 Å². The van der Waals surface area contributed by atoms with Crippen molar-refractivity contribution in [2.75, 3.05) is 0 Å². The molecule has 2 rings (SSSR count). The highest BCUT2D eigenvalue weighted by Crippen LogP contribution is 2.30. The van der Waals surface area contributed by atoms with Crippen LogP contribution >= 0.6 is 11.6 Å². The number of hydrogen-bond donors (Lipinski definition) is 1. The van der Waals surface area contributed by atoms with Gasteiger partial charge >= 0.3 is 0 Å². The first-order chi connectivity index (χ1) is 6.61. The number of halogens is 1. The molecular weight excluding hydrogens is 206 g/mol. The van der Waals surface area contributed by atoms with Crippen molar-refractivity contribution in [3.8, 4) is 0 Å². The number of nitro benzene ring substituents is 1. The van der Waals surface area contributed by atoms with E-state index in [-0.39, 0.29) is 5.69 Å². The molecule has 2 aromatic rings. The van der Waals surface area contributed by atoms with Gasteiger partial charge in [0.05, 0.1) is 4.92 Å². The summed E-state index contributed by atoms with van der Waals surface area (Å²) in [6.45, 7) is 1.67. The monoisotopic (exact) mass is 211 g/mol. The van der Waals surface area contributed by atoms with Gasteiger partial charge in [-0.2, -0.15) is 5.10 Å². The lowest BCUT2D eigenvalue weighted by Gasteiger charge is -1.96. The van der Waals surface area contributed by atoms with Crippen LogP contribution in [0.25, 0.3) is 10.9 Å². The molecule has 6 heteroatoms. The van der Waals surface area contributed by atoms with Crippen LogP contribution in [0, 0.1) is 17.0 Å². The minimum absolute atomic E-state index is 0.00523. The Hall–Kier alpha value is -1.62. The van der Waals surface area contributed by atoms with Crippen molar-refractivity contribution < 1.29 is 4.92 Å². The van der Waals surface area contributed by atoms with E-state index in [1.807, 2.05) is 0 Å². The molecule has 0 aliphatic rings. The number of nitrogens with one attached hydrogen (secondary N) is 1. The average Bonchev–Trinajstić information content (AvgIpc) is 2.47. The second kappa shape index (κ2) is 2.95. The van der Waals surface area contributed by atoms with E-state index in [1.54, 1.807) is 19.1 Å². The summed E-state index contributed by atoms with van der Waals surface area (Å²) in [5, 5.41) is 18.0. The van der Waals surface area contributed by atoms with Gasteiger partial charge in [0, 0.05) is 10.9 Å². The molecular formula is C8H6ClN3O2. The molecule has 0 atom stereocenters. The zero-order valence-electron chi connectivity index (χ0n) is 7.24. The fourth-order valence-corrected chi connectivity index (χ4v) is 1.56.